The van der Waals surface area contributed by atoms with E-state index in [1.807, 2.05) is 19.9 Å². The fourth-order valence-electron chi connectivity index (χ4n) is 4.50. The lowest BCUT2D eigenvalue weighted by Gasteiger charge is -2.25. The van der Waals surface area contributed by atoms with Gasteiger partial charge in [-0.25, -0.2) is 18.4 Å². The van der Waals surface area contributed by atoms with E-state index in [1.165, 1.54) is 18.5 Å². The van der Waals surface area contributed by atoms with Gasteiger partial charge in [0.2, 0.25) is 5.91 Å². The van der Waals surface area contributed by atoms with Gasteiger partial charge in [0.1, 0.15) is 11.7 Å². The van der Waals surface area contributed by atoms with E-state index in [1.54, 1.807) is 37.3 Å². The van der Waals surface area contributed by atoms with Gasteiger partial charge in [-0.15, -0.1) is 0 Å². The fourth-order valence-corrected chi connectivity index (χ4v) is 6.06. The number of nitrogens with one attached hydrogen (secondary N) is 2. The van der Waals surface area contributed by atoms with Crippen molar-refractivity contribution < 1.29 is 22.8 Å². The molecule has 3 aromatic rings. The van der Waals surface area contributed by atoms with Gasteiger partial charge in [-0.1, -0.05) is 32.0 Å². The lowest BCUT2D eigenvalue weighted by molar-refractivity contribution is -0.129. The molecule has 3 atom stereocenters. The zero-order valence-corrected chi connectivity index (χ0v) is 22.9. The molecule has 0 radical (unpaired) electrons. The molecule has 206 valence electrons. The number of benzene rings is 1. The van der Waals surface area contributed by atoms with Crippen LogP contribution >= 0.6 is 0 Å². The molecule has 2 amide bonds. The van der Waals surface area contributed by atoms with E-state index >= 15 is 0 Å². The first-order valence-electron chi connectivity index (χ1n) is 12.8. The molecule has 1 aliphatic heterocycles. The number of pyridine rings is 1. The van der Waals surface area contributed by atoms with Crippen LogP contribution in [0.15, 0.2) is 59.9 Å². The number of aromatic nitrogens is 3. The van der Waals surface area contributed by atoms with Crippen LogP contribution < -0.4 is 10.6 Å². The lowest BCUT2D eigenvalue weighted by Crippen LogP contribution is -2.53. The summed E-state index contributed by atoms with van der Waals surface area (Å²) in [6, 6.07) is 9.42. The number of ketones is 1. The van der Waals surface area contributed by atoms with Crippen LogP contribution in [0.3, 0.4) is 0 Å². The smallest absolute Gasteiger partial charge is 0.272 e. The molecule has 0 bridgehead atoms. The van der Waals surface area contributed by atoms with Gasteiger partial charge < -0.3 is 10.6 Å². The molecule has 2 aromatic heterocycles. The molecule has 0 spiro atoms. The minimum absolute atomic E-state index is 0.0626. The van der Waals surface area contributed by atoms with Crippen LogP contribution in [-0.2, 0) is 19.6 Å². The van der Waals surface area contributed by atoms with E-state index in [0.29, 0.717) is 23.9 Å². The number of fused-ring (bicyclic) bond motifs is 1. The Balaban J connectivity index is 1.47. The van der Waals surface area contributed by atoms with E-state index in [9.17, 15) is 22.8 Å². The van der Waals surface area contributed by atoms with Gasteiger partial charge in [0.25, 0.3) is 15.9 Å². The summed E-state index contributed by atoms with van der Waals surface area (Å²) in [5.41, 5.74) is 1.27. The third kappa shape index (κ3) is 6.63. The van der Waals surface area contributed by atoms with Crippen LogP contribution in [0.25, 0.3) is 11.0 Å². The van der Waals surface area contributed by atoms with Crippen molar-refractivity contribution in [3.8, 4) is 0 Å². The number of hydrogen-bond donors (Lipinski definition) is 2. The zero-order valence-electron chi connectivity index (χ0n) is 22.1. The maximum absolute atomic E-state index is 13.3. The maximum Gasteiger partial charge on any atom is 0.272 e. The number of sulfonamides is 1. The standard InChI is InChI=1S/C27H32N6O5S/c1-17(2)14-22(32-27(36)23-15-29-19-8-4-5-9-20(19)30-23)26(35)31-21-12-11-18(3)33(16-24(21)34)39(37,38)25-10-6-7-13-28-25/h4-10,13,15,17-18,21-22H,11-12,14,16H2,1-3H3,(H,31,35)(H,32,36)/t18-,21-,22+/m1/s1. The van der Waals surface area contributed by atoms with Gasteiger partial charge in [0.05, 0.1) is 29.8 Å². The Morgan fingerprint density at radius 1 is 1.05 bits per heavy atom. The van der Waals surface area contributed by atoms with Crippen molar-refractivity contribution in [2.75, 3.05) is 6.54 Å². The van der Waals surface area contributed by atoms with Crippen molar-refractivity contribution in [1.29, 1.82) is 0 Å². The highest BCUT2D eigenvalue weighted by Crippen LogP contribution is 2.23. The second-order valence-corrected chi connectivity index (χ2v) is 11.9. The van der Waals surface area contributed by atoms with Crippen LogP contribution in [0, 0.1) is 5.92 Å². The molecule has 0 saturated carbocycles. The molecule has 2 N–H and O–H groups in total. The number of amides is 2. The number of nitrogens with zero attached hydrogens (tertiary/aromatic N) is 4. The van der Waals surface area contributed by atoms with Gasteiger partial charge in [-0.05, 0) is 56.4 Å². The number of carbonyl (C=O) groups excluding carboxylic acids is 3. The minimum Gasteiger partial charge on any atom is -0.344 e. The third-order valence-corrected chi connectivity index (χ3v) is 8.48. The summed E-state index contributed by atoms with van der Waals surface area (Å²) < 4.78 is 27.4. The van der Waals surface area contributed by atoms with Gasteiger partial charge >= 0.3 is 0 Å². The Bertz CT molecular complexity index is 1460. The molecule has 12 heteroatoms. The molecular formula is C27H32N6O5S. The Labute approximate surface area is 227 Å². The summed E-state index contributed by atoms with van der Waals surface area (Å²) in [6.07, 6.45) is 3.69. The lowest BCUT2D eigenvalue weighted by atomic mass is 10.0. The summed E-state index contributed by atoms with van der Waals surface area (Å²) in [6.45, 7) is 5.17. The average molecular weight is 553 g/mol. The predicted molar refractivity (Wildman–Crippen MR) is 144 cm³/mol. The van der Waals surface area contributed by atoms with Crippen molar-refractivity contribution in [1.82, 2.24) is 29.9 Å². The number of para-hydroxylation sites is 2. The summed E-state index contributed by atoms with van der Waals surface area (Å²) in [5, 5.41) is 5.35. The Morgan fingerprint density at radius 3 is 2.46 bits per heavy atom. The van der Waals surface area contributed by atoms with Crippen LogP contribution in [0.2, 0.25) is 0 Å². The normalized spacial score (nSPS) is 19.4. The van der Waals surface area contributed by atoms with E-state index in [2.05, 4.69) is 25.6 Å². The summed E-state index contributed by atoms with van der Waals surface area (Å²) in [4.78, 5) is 52.0. The second kappa shape index (κ2) is 12.0. The maximum atomic E-state index is 13.3. The van der Waals surface area contributed by atoms with Crippen LogP contribution in [0.1, 0.15) is 50.5 Å². The molecule has 1 fully saturated rings. The first kappa shape index (κ1) is 28.2. The number of rotatable bonds is 8. The molecule has 1 aromatic carbocycles. The number of Topliss-reactive ketones (excluding diaryl/α,β-unsaturated/α-hetero) is 1. The first-order valence-corrected chi connectivity index (χ1v) is 14.3. The van der Waals surface area contributed by atoms with Gasteiger partial charge in [-0.2, -0.15) is 4.31 Å². The van der Waals surface area contributed by atoms with Crippen LogP contribution in [-0.4, -0.2) is 69.9 Å². The van der Waals surface area contributed by atoms with Crippen molar-refractivity contribution in [2.24, 2.45) is 5.92 Å². The van der Waals surface area contributed by atoms with Gasteiger partial charge in [-0.3, -0.25) is 19.4 Å². The predicted octanol–water partition coefficient (Wildman–Crippen LogP) is 2.10. The van der Waals surface area contributed by atoms with Crippen molar-refractivity contribution >= 4 is 38.7 Å². The molecular weight excluding hydrogens is 520 g/mol. The highest BCUT2D eigenvalue weighted by Gasteiger charge is 2.38. The van der Waals surface area contributed by atoms with Crippen molar-refractivity contribution in [3.63, 3.8) is 0 Å². The van der Waals surface area contributed by atoms with E-state index in [4.69, 9.17) is 0 Å². The zero-order chi connectivity index (χ0) is 28.2. The van der Waals surface area contributed by atoms with Crippen molar-refractivity contribution in [2.45, 2.75) is 63.2 Å². The van der Waals surface area contributed by atoms with Crippen molar-refractivity contribution in [3.05, 3.63) is 60.6 Å². The highest BCUT2D eigenvalue weighted by atomic mass is 32.2. The first-order chi connectivity index (χ1) is 18.6. The van der Waals surface area contributed by atoms with E-state index in [0.717, 1.165) is 4.31 Å². The molecule has 39 heavy (non-hydrogen) atoms. The van der Waals surface area contributed by atoms with Crippen LogP contribution in [0.4, 0.5) is 0 Å². The van der Waals surface area contributed by atoms with Gasteiger partial charge in [0, 0.05) is 12.2 Å². The minimum atomic E-state index is -4.00. The second-order valence-electron chi connectivity index (χ2n) is 10.1. The van der Waals surface area contributed by atoms with E-state index in [-0.39, 0.29) is 29.6 Å². The fraction of sp³-hybridized carbons (Fsp3) is 0.407. The number of hydrogen-bond acceptors (Lipinski definition) is 8. The highest BCUT2D eigenvalue weighted by molar-refractivity contribution is 7.89. The van der Waals surface area contributed by atoms with Crippen LogP contribution in [0.5, 0.6) is 0 Å². The number of carbonyl (C=O) groups is 3. The molecule has 3 heterocycles. The third-order valence-electron chi connectivity index (χ3n) is 6.60. The molecule has 0 unspecified atom stereocenters. The molecule has 4 rings (SSSR count). The summed E-state index contributed by atoms with van der Waals surface area (Å²) in [7, 11) is -4.00. The Morgan fingerprint density at radius 2 is 1.77 bits per heavy atom. The summed E-state index contributed by atoms with van der Waals surface area (Å²) in [5.74, 6) is -1.44. The van der Waals surface area contributed by atoms with Gasteiger partial charge in [0.15, 0.2) is 10.8 Å². The molecule has 1 saturated heterocycles. The topological polar surface area (TPSA) is 151 Å². The average Bonchev–Trinajstić information content (AvgIpc) is 3.06. The quantitative estimate of drug-likeness (QED) is 0.431. The monoisotopic (exact) mass is 552 g/mol. The molecule has 1 aliphatic rings. The summed E-state index contributed by atoms with van der Waals surface area (Å²) >= 11 is 0. The Hall–Kier alpha value is -3.77. The largest absolute Gasteiger partial charge is 0.344 e. The SMILES string of the molecule is CC(C)C[C@H](NC(=O)c1cnc2ccccc2n1)C(=O)N[C@@H]1CC[C@@H](C)N(S(=O)(=O)c2ccccn2)CC1=O. The molecule has 11 nitrogen and oxygen atoms in total. The Kier molecular flexibility index (Phi) is 8.66. The molecule has 0 aliphatic carbocycles. The van der Waals surface area contributed by atoms with E-state index < -0.39 is 45.7 Å².